The van der Waals surface area contributed by atoms with Crippen LogP contribution in [-0.2, 0) is 16.3 Å². The topological polar surface area (TPSA) is 126 Å². The van der Waals surface area contributed by atoms with Crippen molar-refractivity contribution in [3.8, 4) is 5.69 Å². The average Bonchev–Trinajstić information content (AvgIpc) is 3.54. The Hall–Kier alpha value is -4.01. The summed E-state index contributed by atoms with van der Waals surface area (Å²) in [4.78, 5) is 18.4. The van der Waals surface area contributed by atoms with Crippen molar-refractivity contribution in [3.63, 3.8) is 0 Å². The molecule has 10 nitrogen and oxygen atoms in total. The van der Waals surface area contributed by atoms with Gasteiger partial charge in [0.05, 0.1) is 35.5 Å². The van der Waals surface area contributed by atoms with Crippen molar-refractivity contribution in [2.75, 3.05) is 11.2 Å². The van der Waals surface area contributed by atoms with Gasteiger partial charge in [0.1, 0.15) is 11.9 Å². The molecule has 0 aliphatic carbocycles. The Bertz CT molecular complexity index is 1670. The molecule has 1 aromatic carbocycles. The number of pyridine rings is 1. The second-order valence-electron chi connectivity index (χ2n) is 9.58. The van der Waals surface area contributed by atoms with E-state index in [1.807, 2.05) is 6.92 Å². The van der Waals surface area contributed by atoms with Crippen LogP contribution in [0.4, 0.5) is 28.0 Å². The number of fused-ring (bicyclic) bond motifs is 2. The zero-order valence-electron chi connectivity index (χ0n) is 21.4. The minimum atomic E-state index is -4.73. The molecule has 5 rings (SSSR count). The van der Waals surface area contributed by atoms with Crippen molar-refractivity contribution in [1.29, 1.82) is 0 Å². The molecule has 40 heavy (non-hydrogen) atoms. The van der Waals surface area contributed by atoms with Crippen LogP contribution in [-0.4, -0.2) is 57.9 Å². The van der Waals surface area contributed by atoms with Crippen molar-refractivity contribution < 1.29 is 30.8 Å². The lowest BCUT2D eigenvalue weighted by atomic mass is 9.99. The highest BCUT2D eigenvalue weighted by Gasteiger charge is 2.49. The summed E-state index contributed by atoms with van der Waals surface area (Å²) >= 11 is 0. The molecule has 2 N–H and O–H groups in total. The van der Waals surface area contributed by atoms with E-state index in [1.165, 1.54) is 47.4 Å². The van der Waals surface area contributed by atoms with Crippen molar-refractivity contribution in [1.82, 2.24) is 30.3 Å². The zero-order valence-corrected chi connectivity index (χ0v) is 22.2. The van der Waals surface area contributed by atoms with Gasteiger partial charge in [0.25, 0.3) is 0 Å². The fourth-order valence-corrected chi connectivity index (χ4v) is 5.55. The van der Waals surface area contributed by atoms with Gasteiger partial charge in [0.15, 0.2) is 20.5 Å². The largest absolute Gasteiger partial charge is 0.409 e. The van der Waals surface area contributed by atoms with Gasteiger partial charge in [-0.2, -0.15) is 23.4 Å². The number of amides is 2. The first kappa shape index (κ1) is 27.6. The zero-order chi connectivity index (χ0) is 28.8. The number of alkyl halides is 3. The van der Waals surface area contributed by atoms with Crippen molar-refractivity contribution >= 4 is 32.6 Å². The first-order valence-corrected chi connectivity index (χ1v) is 14.3. The van der Waals surface area contributed by atoms with E-state index in [1.54, 1.807) is 0 Å². The van der Waals surface area contributed by atoms with Gasteiger partial charge in [-0.1, -0.05) is 13.3 Å². The molecule has 1 unspecified atom stereocenters. The summed E-state index contributed by atoms with van der Waals surface area (Å²) in [6, 6.07) is 2.62. The molecule has 3 aromatic heterocycles. The molecule has 212 valence electrons. The monoisotopic (exact) mass is 579 g/mol. The number of nitrogens with one attached hydrogen (secondary N) is 2. The number of halogens is 4. The maximum absolute atomic E-state index is 14.2. The predicted octanol–water partition coefficient (Wildman–Crippen LogP) is 4.62. The lowest BCUT2D eigenvalue weighted by molar-refractivity contribution is -0.149. The van der Waals surface area contributed by atoms with E-state index in [0.29, 0.717) is 40.1 Å². The molecule has 1 aliphatic heterocycles. The maximum atomic E-state index is 14.2. The molecule has 4 heterocycles. The van der Waals surface area contributed by atoms with E-state index < -0.39 is 46.4 Å². The van der Waals surface area contributed by atoms with Crippen LogP contribution in [0.5, 0.6) is 0 Å². The second-order valence-corrected chi connectivity index (χ2v) is 11.5. The van der Waals surface area contributed by atoms with E-state index in [9.17, 15) is 30.8 Å². The van der Waals surface area contributed by atoms with E-state index in [4.69, 9.17) is 0 Å². The fraction of sp³-hybridized carbons (Fsp3) is 0.360. The third kappa shape index (κ3) is 5.12. The molecular formula is C25H25F4N7O3S. The van der Waals surface area contributed by atoms with E-state index in [2.05, 4.69) is 25.6 Å². The molecule has 15 heteroatoms. The summed E-state index contributed by atoms with van der Waals surface area (Å²) in [6.07, 6.45) is -0.744. The lowest BCUT2D eigenvalue weighted by Crippen LogP contribution is -2.55. The van der Waals surface area contributed by atoms with Crippen LogP contribution in [0.3, 0.4) is 0 Å². The van der Waals surface area contributed by atoms with Crippen molar-refractivity contribution in [2.45, 2.75) is 55.9 Å². The lowest BCUT2D eigenvalue weighted by Gasteiger charge is -2.37. The number of hydrogen-bond acceptors (Lipinski definition) is 6. The minimum Gasteiger partial charge on any atom is -0.331 e. The Kier molecular flexibility index (Phi) is 7.02. The van der Waals surface area contributed by atoms with Gasteiger partial charge in [0, 0.05) is 11.6 Å². The van der Waals surface area contributed by atoms with E-state index in [-0.39, 0.29) is 22.8 Å². The summed E-state index contributed by atoms with van der Waals surface area (Å²) in [5.41, 5.74) is 1.31. The number of anilines is 1. The quantitative estimate of drug-likeness (QED) is 0.321. The number of H-pyrrole nitrogens is 1. The highest BCUT2D eigenvalue weighted by molar-refractivity contribution is 7.90. The molecule has 0 spiro atoms. The number of sulfone groups is 1. The number of hydrogen-bond donors (Lipinski definition) is 2. The average molecular weight is 580 g/mol. The fourth-order valence-electron chi connectivity index (χ4n) is 4.96. The normalized spacial score (nSPS) is 16.6. The Labute approximate surface area is 226 Å². The van der Waals surface area contributed by atoms with Gasteiger partial charge in [0.2, 0.25) is 0 Å². The van der Waals surface area contributed by atoms with Crippen molar-refractivity contribution in [3.05, 3.63) is 59.8 Å². The van der Waals surface area contributed by atoms with Gasteiger partial charge in [-0.3, -0.25) is 10.00 Å². The summed E-state index contributed by atoms with van der Waals surface area (Å²) < 4.78 is 82.0. The Balaban J connectivity index is 1.56. The second kappa shape index (κ2) is 10.2. The standard InChI is InChI=1S/C25H25F4N7O3S/c1-3-4-18(16-11-22(40(2,38)39)33-23-17(16)12-30-34-23)32-24(37)35-20-13-31-36(15-7-5-14(26)6-8-15)19(20)9-10-21(35)25(27,28)29/h5-8,11-13,18,21H,3-4,9-10H2,1-2H3,(H,32,37)(H,30,33,34)/t18-,21?/m0/s1. The van der Waals surface area contributed by atoms with Crippen LogP contribution < -0.4 is 10.2 Å². The van der Waals surface area contributed by atoms with E-state index in [0.717, 1.165) is 6.26 Å². The summed E-state index contributed by atoms with van der Waals surface area (Å²) in [5, 5.41) is 13.6. The van der Waals surface area contributed by atoms with Gasteiger partial charge in [-0.25, -0.2) is 27.3 Å². The first-order valence-electron chi connectivity index (χ1n) is 12.4. The maximum Gasteiger partial charge on any atom is 0.409 e. The third-order valence-corrected chi connectivity index (χ3v) is 7.77. The van der Waals surface area contributed by atoms with Gasteiger partial charge in [-0.05, 0) is 55.2 Å². The van der Waals surface area contributed by atoms with Crippen LogP contribution in [0.1, 0.15) is 43.5 Å². The van der Waals surface area contributed by atoms with E-state index >= 15 is 0 Å². The molecule has 1 aliphatic rings. The molecule has 0 radical (unpaired) electrons. The number of aromatic amines is 1. The summed E-state index contributed by atoms with van der Waals surface area (Å²) in [7, 11) is -3.75. The van der Waals surface area contributed by atoms with Gasteiger partial charge < -0.3 is 5.32 Å². The highest BCUT2D eigenvalue weighted by Crippen LogP contribution is 2.39. The van der Waals surface area contributed by atoms with Crippen molar-refractivity contribution in [2.24, 2.45) is 0 Å². The Morgan fingerprint density at radius 3 is 2.60 bits per heavy atom. The Morgan fingerprint density at radius 2 is 1.95 bits per heavy atom. The number of aromatic nitrogens is 5. The molecular weight excluding hydrogens is 554 g/mol. The third-order valence-electron chi connectivity index (χ3n) is 6.80. The number of benzene rings is 1. The Morgan fingerprint density at radius 1 is 1.23 bits per heavy atom. The number of carbonyl (C=O) groups excluding carboxylic acids is 1. The molecule has 0 saturated heterocycles. The van der Waals surface area contributed by atoms with Crippen LogP contribution in [0.2, 0.25) is 0 Å². The van der Waals surface area contributed by atoms with Gasteiger partial charge >= 0.3 is 12.2 Å². The molecule has 0 saturated carbocycles. The number of carbonyl (C=O) groups is 1. The molecule has 2 amide bonds. The van der Waals surface area contributed by atoms with Crippen LogP contribution in [0, 0.1) is 5.82 Å². The van der Waals surface area contributed by atoms with Crippen LogP contribution in [0.15, 0.2) is 47.8 Å². The predicted molar refractivity (Wildman–Crippen MR) is 137 cm³/mol. The summed E-state index contributed by atoms with van der Waals surface area (Å²) in [5.74, 6) is -0.480. The SMILES string of the molecule is CCC[C@H](NC(=O)N1c2cnn(-c3ccc(F)cc3)c2CCC1C(F)(F)F)c1cc(S(C)(=O)=O)nc2[nH]ncc12. The van der Waals surface area contributed by atoms with Crippen LogP contribution in [0.25, 0.3) is 16.7 Å². The van der Waals surface area contributed by atoms with Gasteiger partial charge in [-0.15, -0.1) is 0 Å². The molecule has 4 aromatic rings. The number of urea groups is 1. The minimum absolute atomic E-state index is 0.0171. The molecule has 0 bridgehead atoms. The smallest absolute Gasteiger partial charge is 0.331 e. The molecule has 0 fully saturated rings. The van der Waals surface area contributed by atoms with Crippen LogP contribution >= 0.6 is 0 Å². The highest BCUT2D eigenvalue weighted by atomic mass is 32.2. The number of nitrogens with zero attached hydrogens (tertiary/aromatic N) is 5. The summed E-state index contributed by atoms with van der Waals surface area (Å²) in [6.45, 7) is 1.83. The number of rotatable bonds is 6. The molecule has 2 atom stereocenters. The first-order chi connectivity index (χ1) is 18.9.